The van der Waals surface area contributed by atoms with Crippen molar-refractivity contribution in [1.82, 2.24) is 15.0 Å². The summed E-state index contributed by atoms with van der Waals surface area (Å²) in [4.78, 5) is 23.4. The molecule has 0 atom stereocenters. The van der Waals surface area contributed by atoms with Gasteiger partial charge in [0.05, 0.1) is 23.8 Å². The van der Waals surface area contributed by atoms with Crippen molar-refractivity contribution in [2.45, 2.75) is 0 Å². The Labute approximate surface area is 105 Å². The summed E-state index contributed by atoms with van der Waals surface area (Å²) in [5.74, 6) is -0.372. The van der Waals surface area contributed by atoms with E-state index in [1.807, 2.05) is 0 Å². The molecule has 0 bridgehead atoms. The number of anilines is 2. The molecule has 86 valence electrons. The smallest absolute Gasteiger partial charge is 0.275 e. The lowest BCUT2D eigenvalue weighted by Crippen LogP contribution is -2.15. The van der Waals surface area contributed by atoms with Crippen LogP contribution in [0.3, 0.4) is 0 Å². The number of carbonyl (C=O) groups is 1. The first kappa shape index (κ1) is 11.5. The van der Waals surface area contributed by atoms with Crippen LogP contribution in [0.5, 0.6) is 0 Å². The van der Waals surface area contributed by atoms with Crippen LogP contribution in [0.1, 0.15) is 10.5 Å². The van der Waals surface area contributed by atoms with Gasteiger partial charge in [0.25, 0.3) is 5.91 Å². The van der Waals surface area contributed by atoms with E-state index in [0.717, 1.165) is 0 Å². The molecule has 0 radical (unpaired) electrons. The van der Waals surface area contributed by atoms with E-state index in [1.165, 1.54) is 24.8 Å². The Morgan fingerprint density at radius 2 is 2.12 bits per heavy atom. The molecule has 0 aliphatic rings. The van der Waals surface area contributed by atoms with Gasteiger partial charge in [-0.05, 0) is 22.0 Å². The van der Waals surface area contributed by atoms with Crippen LogP contribution in [-0.2, 0) is 0 Å². The van der Waals surface area contributed by atoms with Gasteiger partial charge in [0, 0.05) is 12.4 Å². The van der Waals surface area contributed by atoms with Crippen molar-refractivity contribution >= 4 is 33.2 Å². The van der Waals surface area contributed by atoms with Crippen LogP contribution in [0, 0.1) is 0 Å². The van der Waals surface area contributed by atoms with Crippen LogP contribution in [0.15, 0.2) is 35.5 Å². The number of aromatic nitrogens is 3. The maximum absolute atomic E-state index is 11.8. The lowest BCUT2D eigenvalue weighted by Gasteiger charge is -2.07. The second-order valence-electron chi connectivity index (χ2n) is 3.14. The minimum Gasteiger partial charge on any atom is -0.396 e. The topological polar surface area (TPSA) is 93.8 Å². The fourth-order valence-electron chi connectivity index (χ4n) is 1.15. The largest absolute Gasteiger partial charge is 0.396 e. The van der Waals surface area contributed by atoms with Gasteiger partial charge in [-0.25, -0.2) is 9.97 Å². The van der Waals surface area contributed by atoms with Gasteiger partial charge in [0.15, 0.2) is 0 Å². The number of hydrogen-bond donors (Lipinski definition) is 2. The lowest BCUT2D eigenvalue weighted by atomic mass is 10.3. The molecule has 0 aliphatic heterocycles. The number of rotatable bonds is 2. The third-order valence-electron chi connectivity index (χ3n) is 1.95. The molecule has 2 aromatic heterocycles. The number of carbonyl (C=O) groups excluding carboxylic acids is 1. The Balaban J connectivity index is 2.22. The number of amides is 1. The summed E-state index contributed by atoms with van der Waals surface area (Å²) in [6.45, 7) is 0. The molecular weight excluding hydrogens is 286 g/mol. The summed E-state index contributed by atoms with van der Waals surface area (Å²) in [5.41, 5.74) is 6.76. The van der Waals surface area contributed by atoms with E-state index >= 15 is 0 Å². The molecule has 0 aliphatic carbocycles. The summed E-state index contributed by atoms with van der Waals surface area (Å²) in [6.07, 6.45) is 5.77. The predicted octanol–water partition coefficient (Wildman–Crippen LogP) is 1.47. The van der Waals surface area contributed by atoms with E-state index in [2.05, 4.69) is 36.2 Å². The first-order chi connectivity index (χ1) is 8.16. The molecule has 2 aromatic rings. The van der Waals surface area contributed by atoms with E-state index in [4.69, 9.17) is 5.73 Å². The van der Waals surface area contributed by atoms with E-state index in [9.17, 15) is 4.79 Å². The molecule has 7 heteroatoms. The summed E-state index contributed by atoms with van der Waals surface area (Å²) in [5, 5.41) is 2.63. The van der Waals surface area contributed by atoms with Crippen LogP contribution in [-0.4, -0.2) is 20.9 Å². The highest BCUT2D eigenvalue weighted by Crippen LogP contribution is 2.21. The van der Waals surface area contributed by atoms with Crippen molar-refractivity contribution in [3.05, 3.63) is 41.2 Å². The summed E-state index contributed by atoms with van der Waals surface area (Å²) < 4.78 is 0.584. The zero-order valence-corrected chi connectivity index (χ0v) is 10.2. The maximum atomic E-state index is 11.8. The monoisotopic (exact) mass is 293 g/mol. The molecule has 6 nitrogen and oxygen atoms in total. The van der Waals surface area contributed by atoms with Gasteiger partial charge in [0.2, 0.25) is 0 Å². The van der Waals surface area contributed by atoms with Gasteiger partial charge >= 0.3 is 0 Å². The van der Waals surface area contributed by atoms with Crippen LogP contribution in [0.25, 0.3) is 0 Å². The van der Waals surface area contributed by atoms with Gasteiger partial charge in [-0.2, -0.15) is 0 Å². The molecule has 2 rings (SSSR count). The molecule has 17 heavy (non-hydrogen) atoms. The van der Waals surface area contributed by atoms with Crippen molar-refractivity contribution in [2.75, 3.05) is 11.1 Å². The quantitative estimate of drug-likeness (QED) is 0.818. The Hall–Kier alpha value is -2.02. The van der Waals surface area contributed by atoms with Gasteiger partial charge < -0.3 is 11.1 Å². The number of pyridine rings is 1. The second kappa shape index (κ2) is 4.88. The minimum atomic E-state index is -0.372. The molecule has 1 amide bonds. The van der Waals surface area contributed by atoms with Crippen molar-refractivity contribution in [2.24, 2.45) is 0 Å². The van der Waals surface area contributed by atoms with Crippen molar-refractivity contribution < 1.29 is 4.79 Å². The predicted molar refractivity (Wildman–Crippen MR) is 66.3 cm³/mol. The Morgan fingerprint density at radius 3 is 2.82 bits per heavy atom. The third kappa shape index (κ3) is 2.76. The number of hydrogen-bond acceptors (Lipinski definition) is 5. The normalized spacial score (nSPS) is 9.94. The van der Waals surface area contributed by atoms with Crippen LogP contribution in [0.4, 0.5) is 11.4 Å². The zero-order valence-electron chi connectivity index (χ0n) is 8.59. The molecule has 0 saturated carbocycles. The number of nitrogens with two attached hydrogens (primary N) is 1. The van der Waals surface area contributed by atoms with Gasteiger partial charge in [-0.15, -0.1) is 0 Å². The standard InChI is InChI=1S/C10H8BrN5O/c11-9-3-7(6(12)4-15-9)16-10(17)8-5-13-1-2-14-8/h1-5H,12H2,(H,15,16,17). The van der Waals surface area contributed by atoms with E-state index in [1.54, 1.807) is 6.07 Å². The van der Waals surface area contributed by atoms with Crippen molar-refractivity contribution in [1.29, 1.82) is 0 Å². The fraction of sp³-hybridized carbons (Fsp3) is 0. The molecule has 0 unspecified atom stereocenters. The van der Waals surface area contributed by atoms with Crippen LogP contribution < -0.4 is 11.1 Å². The highest BCUT2D eigenvalue weighted by molar-refractivity contribution is 9.10. The Kier molecular flexibility index (Phi) is 3.29. The molecule has 0 saturated heterocycles. The first-order valence-corrected chi connectivity index (χ1v) is 5.44. The first-order valence-electron chi connectivity index (χ1n) is 4.65. The number of nitrogen functional groups attached to an aromatic ring is 1. The van der Waals surface area contributed by atoms with Crippen molar-refractivity contribution in [3.8, 4) is 0 Å². The highest BCUT2D eigenvalue weighted by Gasteiger charge is 2.09. The molecule has 0 fully saturated rings. The minimum absolute atomic E-state index is 0.222. The van der Waals surface area contributed by atoms with Crippen LogP contribution >= 0.6 is 15.9 Å². The number of nitrogens with zero attached hydrogens (tertiary/aromatic N) is 3. The molecular formula is C10H8BrN5O. The molecule has 2 heterocycles. The molecule has 0 aromatic carbocycles. The van der Waals surface area contributed by atoms with E-state index in [0.29, 0.717) is 16.0 Å². The van der Waals surface area contributed by atoms with E-state index in [-0.39, 0.29) is 11.6 Å². The van der Waals surface area contributed by atoms with Crippen molar-refractivity contribution in [3.63, 3.8) is 0 Å². The average molecular weight is 294 g/mol. The summed E-state index contributed by atoms with van der Waals surface area (Å²) >= 11 is 3.20. The van der Waals surface area contributed by atoms with Gasteiger partial charge in [0.1, 0.15) is 10.3 Å². The summed E-state index contributed by atoms with van der Waals surface area (Å²) in [6, 6.07) is 1.61. The number of nitrogens with one attached hydrogen (secondary N) is 1. The van der Waals surface area contributed by atoms with Gasteiger partial charge in [-0.1, -0.05) is 0 Å². The zero-order chi connectivity index (χ0) is 12.3. The summed E-state index contributed by atoms with van der Waals surface area (Å²) in [7, 11) is 0. The molecule has 3 N–H and O–H groups in total. The van der Waals surface area contributed by atoms with E-state index < -0.39 is 0 Å². The highest BCUT2D eigenvalue weighted by atomic mass is 79.9. The maximum Gasteiger partial charge on any atom is 0.275 e. The SMILES string of the molecule is Nc1cnc(Br)cc1NC(=O)c1cnccn1. The fourth-order valence-corrected chi connectivity index (χ4v) is 1.48. The average Bonchev–Trinajstić information content (AvgIpc) is 2.35. The van der Waals surface area contributed by atoms with Crippen LogP contribution in [0.2, 0.25) is 0 Å². The number of halogens is 1. The third-order valence-corrected chi connectivity index (χ3v) is 2.38. The molecule has 0 spiro atoms. The Bertz CT molecular complexity index is 546. The van der Waals surface area contributed by atoms with Gasteiger partial charge in [-0.3, -0.25) is 9.78 Å². The second-order valence-corrected chi connectivity index (χ2v) is 3.95. The Morgan fingerprint density at radius 1 is 1.29 bits per heavy atom. The lowest BCUT2D eigenvalue weighted by molar-refractivity contribution is 0.102.